The van der Waals surface area contributed by atoms with Crippen LogP contribution in [0.5, 0.6) is 0 Å². The van der Waals surface area contributed by atoms with Crippen LogP contribution in [0, 0.1) is 19.8 Å². The summed E-state index contributed by atoms with van der Waals surface area (Å²) in [6.45, 7) is 7.99. The van der Waals surface area contributed by atoms with E-state index < -0.39 is 0 Å². The molecule has 0 bridgehead atoms. The topological polar surface area (TPSA) is 30.5 Å². The highest BCUT2D eigenvalue weighted by molar-refractivity contribution is 7.12. The van der Waals surface area contributed by atoms with Gasteiger partial charge in [0.25, 0.3) is 0 Å². The summed E-state index contributed by atoms with van der Waals surface area (Å²) < 4.78 is 11.1. The Hall–Kier alpha value is -0.420. The maximum absolute atomic E-state index is 6.06. The van der Waals surface area contributed by atoms with E-state index >= 15 is 0 Å². The van der Waals surface area contributed by atoms with Gasteiger partial charge in [0.2, 0.25) is 0 Å². The number of rotatable bonds is 6. The van der Waals surface area contributed by atoms with Crippen molar-refractivity contribution < 1.29 is 9.47 Å². The number of nitrogens with one attached hydrogen (secondary N) is 1. The fraction of sp³-hybridized carbons (Fsp3) is 0.733. The van der Waals surface area contributed by atoms with E-state index in [2.05, 4.69) is 25.2 Å². The summed E-state index contributed by atoms with van der Waals surface area (Å²) in [5.41, 5.74) is 1.40. The molecule has 3 nitrogen and oxygen atoms in total. The number of methoxy groups -OCH3 is 1. The predicted molar refractivity (Wildman–Crippen MR) is 80.0 cm³/mol. The summed E-state index contributed by atoms with van der Waals surface area (Å²) in [6, 6.07) is 2.30. The van der Waals surface area contributed by atoms with Gasteiger partial charge in [0.1, 0.15) is 0 Å². The average molecular weight is 283 g/mol. The van der Waals surface area contributed by atoms with E-state index in [0.717, 1.165) is 26.3 Å². The van der Waals surface area contributed by atoms with Gasteiger partial charge >= 0.3 is 0 Å². The van der Waals surface area contributed by atoms with Crippen LogP contribution >= 0.6 is 11.3 Å². The van der Waals surface area contributed by atoms with Crippen LogP contribution in [0.4, 0.5) is 0 Å². The van der Waals surface area contributed by atoms with Crippen molar-refractivity contribution in [1.82, 2.24) is 5.32 Å². The fourth-order valence-corrected chi connectivity index (χ4v) is 3.75. The molecular formula is C15H25NO2S. The van der Waals surface area contributed by atoms with Crippen LogP contribution in [-0.2, 0) is 9.47 Å². The highest BCUT2D eigenvalue weighted by Gasteiger charge is 2.29. The Kier molecular flexibility index (Phi) is 5.82. The molecule has 0 aliphatic carbocycles. The largest absolute Gasteiger partial charge is 0.383 e. The van der Waals surface area contributed by atoms with Crippen molar-refractivity contribution in [2.75, 3.05) is 33.4 Å². The first-order valence-electron chi connectivity index (χ1n) is 7.10. The molecule has 1 aliphatic heterocycles. The third-order valence-electron chi connectivity index (χ3n) is 3.72. The van der Waals surface area contributed by atoms with Crippen molar-refractivity contribution in [1.29, 1.82) is 0 Å². The molecule has 19 heavy (non-hydrogen) atoms. The van der Waals surface area contributed by atoms with Gasteiger partial charge in [-0.3, -0.25) is 0 Å². The molecule has 0 saturated carbocycles. The number of aryl methyl sites for hydroxylation is 2. The normalized spacial score (nSPS) is 23.7. The van der Waals surface area contributed by atoms with Crippen molar-refractivity contribution in [2.45, 2.75) is 32.8 Å². The zero-order chi connectivity index (χ0) is 13.7. The van der Waals surface area contributed by atoms with Gasteiger partial charge in [-0.15, -0.1) is 11.3 Å². The van der Waals surface area contributed by atoms with Crippen molar-refractivity contribution in [2.24, 2.45) is 5.92 Å². The summed E-state index contributed by atoms with van der Waals surface area (Å²) in [7, 11) is 1.74. The van der Waals surface area contributed by atoms with Crippen molar-refractivity contribution in [3.05, 3.63) is 21.4 Å². The molecule has 1 aromatic heterocycles. The lowest BCUT2D eigenvalue weighted by molar-refractivity contribution is -0.0281. The van der Waals surface area contributed by atoms with Crippen LogP contribution in [0.3, 0.4) is 0 Å². The summed E-state index contributed by atoms with van der Waals surface area (Å²) in [5, 5.41) is 3.48. The van der Waals surface area contributed by atoms with Gasteiger partial charge in [-0.05, 0) is 38.3 Å². The molecule has 0 aromatic carbocycles. The van der Waals surface area contributed by atoms with Crippen LogP contribution in [0.15, 0.2) is 6.07 Å². The zero-order valence-corrected chi connectivity index (χ0v) is 13.0. The van der Waals surface area contributed by atoms with Crippen LogP contribution in [0.2, 0.25) is 0 Å². The van der Waals surface area contributed by atoms with Gasteiger partial charge in [0, 0.05) is 42.5 Å². The quantitative estimate of drug-likeness (QED) is 0.814. The molecule has 108 valence electrons. The molecule has 1 N–H and O–H groups in total. The van der Waals surface area contributed by atoms with E-state index in [1.807, 2.05) is 11.3 Å². The fourth-order valence-electron chi connectivity index (χ4n) is 2.79. The number of thiophene rings is 1. The smallest absolute Gasteiger partial charge is 0.0875 e. The minimum Gasteiger partial charge on any atom is -0.383 e. The van der Waals surface area contributed by atoms with Gasteiger partial charge in [0.15, 0.2) is 0 Å². The molecule has 4 heteroatoms. The van der Waals surface area contributed by atoms with Crippen LogP contribution in [0.25, 0.3) is 0 Å². The Bertz CT molecular complexity index is 391. The van der Waals surface area contributed by atoms with Gasteiger partial charge in [-0.1, -0.05) is 0 Å². The summed E-state index contributed by atoms with van der Waals surface area (Å²) in [6.07, 6.45) is 2.70. The lowest BCUT2D eigenvalue weighted by Gasteiger charge is -2.32. The minimum atomic E-state index is 0.272. The van der Waals surface area contributed by atoms with E-state index in [4.69, 9.17) is 9.47 Å². The van der Waals surface area contributed by atoms with E-state index in [1.54, 1.807) is 7.11 Å². The van der Waals surface area contributed by atoms with Gasteiger partial charge in [-0.25, -0.2) is 0 Å². The molecule has 1 aliphatic rings. The number of hydrogen-bond acceptors (Lipinski definition) is 4. The molecule has 1 fully saturated rings. The van der Waals surface area contributed by atoms with Gasteiger partial charge in [-0.2, -0.15) is 0 Å². The monoisotopic (exact) mass is 283 g/mol. The minimum absolute atomic E-state index is 0.272. The molecule has 0 spiro atoms. The zero-order valence-electron chi connectivity index (χ0n) is 12.2. The SMILES string of the molecule is COCCNCC1CCCOC1c1cc(C)sc1C. The van der Waals surface area contributed by atoms with Crippen molar-refractivity contribution in [3.63, 3.8) is 0 Å². The third-order valence-corrected chi connectivity index (χ3v) is 4.70. The molecule has 0 radical (unpaired) electrons. The molecule has 1 saturated heterocycles. The second kappa shape index (κ2) is 7.39. The van der Waals surface area contributed by atoms with Crippen molar-refractivity contribution >= 4 is 11.3 Å². The molecule has 1 aromatic rings. The number of hydrogen-bond donors (Lipinski definition) is 1. The van der Waals surface area contributed by atoms with E-state index in [0.29, 0.717) is 5.92 Å². The molecule has 2 rings (SSSR count). The Morgan fingerprint density at radius 2 is 2.32 bits per heavy atom. The molecule has 0 amide bonds. The van der Waals surface area contributed by atoms with Crippen LogP contribution in [0.1, 0.15) is 34.3 Å². The van der Waals surface area contributed by atoms with E-state index in [9.17, 15) is 0 Å². The molecule has 2 atom stereocenters. The standard InChI is InChI=1S/C15H25NO2S/c1-11-9-14(12(2)19-11)15-13(5-4-7-18-15)10-16-6-8-17-3/h9,13,15-16H,4-8,10H2,1-3H3. The first kappa shape index (κ1) is 15.0. The van der Waals surface area contributed by atoms with Crippen LogP contribution in [-0.4, -0.2) is 33.4 Å². The molecule has 2 unspecified atom stereocenters. The first-order chi connectivity index (χ1) is 9.22. The second-order valence-electron chi connectivity index (χ2n) is 5.26. The Morgan fingerprint density at radius 3 is 3.00 bits per heavy atom. The third kappa shape index (κ3) is 4.02. The highest BCUT2D eigenvalue weighted by Crippen LogP contribution is 2.37. The van der Waals surface area contributed by atoms with E-state index in [-0.39, 0.29) is 6.10 Å². The highest BCUT2D eigenvalue weighted by atomic mass is 32.1. The first-order valence-corrected chi connectivity index (χ1v) is 7.92. The van der Waals surface area contributed by atoms with Gasteiger partial charge < -0.3 is 14.8 Å². The van der Waals surface area contributed by atoms with Gasteiger partial charge in [0.05, 0.1) is 12.7 Å². The summed E-state index contributed by atoms with van der Waals surface area (Å²) in [4.78, 5) is 2.79. The maximum atomic E-state index is 6.06. The Balaban J connectivity index is 1.97. The molecular weight excluding hydrogens is 258 g/mol. The predicted octanol–water partition coefficient (Wildman–Crippen LogP) is 3.07. The lowest BCUT2D eigenvalue weighted by Crippen LogP contribution is -2.33. The maximum Gasteiger partial charge on any atom is 0.0875 e. The number of ether oxygens (including phenoxy) is 2. The Labute approximate surface area is 120 Å². The van der Waals surface area contributed by atoms with Crippen molar-refractivity contribution in [3.8, 4) is 0 Å². The summed E-state index contributed by atoms with van der Waals surface area (Å²) >= 11 is 1.88. The lowest BCUT2D eigenvalue weighted by atomic mass is 9.89. The summed E-state index contributed by atoms with van der Waals surface area (Å²) in [5.74, 6) is 0.582. The Morgan fingerprint density at radius 1 is 1.47 bits per heavy atom. The van der Waals surface area contributed by atoms with E-state index in [1.165, 1.54) is 28.2 Å². The molecule has 2 heterocycles. The second-order valence-corrected chi connectivity index (χ2v) is 6.72. The average Bonchev–Trinajstić information content (AvgIpc) is 2.74. The van der Waals surface area contributed by atoms with Crippen LogP contribution < -0.4 is 5.32 Å².